The SMILES string of the molecule is CC(C)(CNS(=O)(=O)c1cncc(Br)c1)C(N)=O. The lowest BCUT2D eigenvalue weighted by atomic mass is 9.93. The first kappa shape index (κ1) is 15.1. The molecule has 8 heteroatoms. The molecule has 0 aliphatic carbocycles. The van der Waals surface area contributed by atoms with Gasteiger partial charge in [-0.15, -0.1) is 0 Å². The predicted octanol–water partition coefficient (Wildman–Crippen LogP) is 0.634. The Morgan fingerprint density at radius 2 is 2.11 bits per heavy atom. The van der Waals surface area contributed by atoms with Crippen molar-refractivity contribution in [1.29, 1.82) is 0 Å². The van der Waals surface area contributed by atoms with E-state index in [1.807, 2.05) is 0 Å². The van der Waals surface area contributed by atoms with Gasteiger partial charge in [-0.2, -0.15) is 0 Å². The van der Waals surface area contributed by atoms with Gasteiger partial charge in [0.25, 0.3) is 0 Å². The molecule has 1 aromatic rings. The number of amides is 1. The minimum absolute atomic E-state index is 0.0251. The van der Waals surface area contributed by atoms with Crippen molar-refractivity contribution in [3.05, 3.63) is 22.9 Å². The number of carbonyl (C=O) groups excluding carboxylic acids is 1. The summed E-state index contributed by atoms with van der Waals surface area (Å²) in [5.41, 5.74) is 4.22. The zero-order chi connectivity index (χ0) is 14.0. The Bertz CT molecular complexity index is 557. The third-order valence-corrected chi connectivity index (χ3v) is 4.16. The van der Waals surface area contributed by atoms with Crippen LogP contribution in [0.2, 0.25) is 0 Å². The molecule has 6 nitrogen and oxygen atoms in total. The van der Waals surface area contributed by atoms with Crippen LogP contribution in [0.3, 0.4) is 0 Å². The molecule has 0 aliphatic heterocycles. The number of carbonyl (C=O) groups is 1. The van der Waals surface area contributed by atoms with Crippen LogP contribution in [0.15, 0.2) is 27.8 Å². The molecule has 1 rings (SSSR count). The van der Waals surface area contributed by atoms with Gasteiger partial charge in [0.15, 0.2) is 0 Å². The summed E-state index contributed by atoms with van der Waals surface area (Å²) in [6, 6.07) is 1.42. The first-order chi connectivity index (χ1) is 8.15. The van der Waals surface area contributed by atoms with Crippen molar-refractivity contribution >= 4 is 31.9 Å². The highest BCUT2D eigenvalue weighted by molar-refractivity contribution is 9.10. The molecule has 0 saturated heterocycles. The average molecular weight is 336 g/mol. The number of hydrogen-bond donors (Lipinski definition) is 2. The third kappa shape index (κ3) is 3.76. The standard InChI is InChI=1S/C10H14BrN3O3S/c1-10(2,9(12)15)6-14-18(16,17)8-3-7(11)4-13-5-8/h3-5,14H,6H2,1-2H3,(H2,12,15). The molecular weight excluding hydrogens is 322 g/mol. The van der Waals surface area contributed by atoms with E-state index in [1.165, 1.54) is 18.5 Å². The molecule has 0 saturated carbocycles. The van der Waals surface area contributed by atoms with E-state index in [4.69, 9.17) is 5.73 Å². The number of primary amides is 1. The monoisotopic (exact) mass is 335 g/mol. The second-order valence-corrected chi connectivity index (χ2v) is 7.09. The number of halogens is 1. The Morgan fingerprint density at radius 1 is 1.50 bits per heavy atom. The predicted molar refractivity (Wildman–Crippen MR) is 70.1 cm³/mol. The fourth-order valence-corrected chi connectivity index (χ4v) is 2.70. The van der Waals surface area contributed by atoms with Crippen molar-refractivity contribution in [2.75, 3.05) is 6.54 Å². The molecule has 18 heavy (non-hydrogen) atoms. The maximum absolute atomic E-state index is 11.9. The van der Waals surface area contributed by atoms with Gasteiger partial charge in [-0.3, -0.25) is 9.78 Å². The Morgan fingerprint density at radius 3 is 2.61 bits per heavy atom. The highest BCUT2D eigenvalue weighted by Gasteiger charge is 2.27. The normalized spacial score (nSPS) is 12.4. The lowest BCUT2D eigenvalue weighted by Gasteiger charge is -2.20. The molecular formula is C10H14BrN3O3S. The van der Waals surface area contributed by atoms with Crippen molar-refractivity contribution in [3.63, 3.8) is 0 Å². The van der Waals surface area contributed by atoms with Crippen molar-refractivity contribution in [1.82, 2.24) is 9.71 Å². The van der Waals surface area contributed by atoms with Gasteiger partial charge in [0.05, 0.1) is 5.41 Å². The van der Waals surface area contributed by atoms with E-state index >= 15 is 0 Å². The van der Waals surface area contributed by atoms with Crippen molar-refractivity contribution in [2.45, 2.75) is 18.7 Å². The van der Waals surface area contributed by atoms with E-state index in [2.05, 4.69) is 25.6 Å². The number of aromatic nitrogens is 1. The second kappa shape index (κ2) is 5.33. The first-order valence-corrected chi connectivity index (χ1v) is 7.33. The Hall–Kier alpha value is -0.990. The van der Waals surface area contributed by atoms with Gasteiger partial charge in [-0.1, -0.05) is 0 Å². The summed E-state index contributed by atoms with van der Waals surface area (Å²) in [5.74, 6) is -0.572. The van der Waals surface area contributed by atoms with Crippen LogP contribution in [0.5, 0.6) is 0 Å². The van der Waals surface area contributed by atoms with Crippen LogP contribution in [0, 0.1) is 5.41 Å². The smallest absolute Gasteiger partial charge is 0.242 e. The maximum atomic E-state index is 11.9. The van der Waals surface area contributed by atoms with Gasteiger partial charge < -0.3 is 5.73 Å². The molecule has 1 aromatic heterocycles. The molecule has 0 spiro atoms. The molecule has 0 aromatic carbocycles. The maximum Gasteiger partial charge on any atom is 0.242 e. The largest absolute Gasteiger partial charge is 0.369 e. The third-order valence-electron chi connectivity index (χ3n) is 2.36. The molecule has 1 amide bonds. The molecule has 0 unspecified atom stereocenters. The highest BCUT2D eigenvalue weighted by atomic mass is 79.9. The van der Waals surface area contributed by atoms with Crippen LogP contribution in [0.1, 0.15) is 13.8 Å². The summed E-state index contributed by atoms with van der Waals surface area (Å²) in [6.45, 7) is 3.06. The van der Waals surface area contributed by atoms with Crippen molar-refractivity contribution in [2.24, 2.45) is 11.1 Å². The summed E-state index contributed by atoms with van der Waals surface area (Å²) in [5, 5.41) is 0. The molecule has 3 N–H and O–H groups in total. The average Bonchev–Trinajstić information content (AvgIpc) is 2.26. The topological polar surface area (TPSA) is 102 Å². The zero-order valence-corrected chi connectivity index (χ0v) is 12.4. The summed E-state index contributed by atoms with van der Waals surface area (Å²) in [7, 11) is -3.70. The molecule has 0 radical (unpaired) electrons. The van der Waals surface area contributed by atoms with E-state index < -0.39 is 21.3 Å². The lowest BCUT2D eigenvalue weighted by Crippen LogP contribution is -2.42. The quantitative estimate of drug-likeness (QED) is 0.823. The minimum atomic E-state index is -3.70. The van der Waals surface area contributed by atoms with E-state index in [0.717, 1.165) is 0 Å². The summed E-state index contributed by atoms with van der Waals surface area (Å²) in [6.07, 6.45) is 2.71. The summed E-state index contributed by atoms with van der Waals surface area (Å²) in [4.78, 5) is 14.9. The van der Waals surface area contributed by atoms with Gasteiger partial charge in [0, 0.05) is 23.4 Å². The number of nitrogens with two attached hydrogens (primary N) is 1. The Labute approximate surface area is 114 Å². The number of rotatable bonds is 5. The van der Waals surface area contributed by atoms with E-state index in [-0.39, 0.29) is 11.4 Å². The summed E-state index contributed by atoms with van der Waals surface area (Å²) >= 11 is 3.14. The highest BCUT2D eigenvalue weighted by Crippen LogP contribution is 2.17. The molecule has 0 fully saturated rings. The number of nitrogens with one attached hydrogen (secondary N) is 1. The number of sulfonamides is 1. The molecule has 0 aliphatic rings. The minimum Gasteiger partial charge on any atom is -0.369 e. The Kier molecular flexibility index (Phi) is 4.46. The van der Waals surface area contributed by atoms with Crippen LogP contribution < -0.4 is 10.5 Å². The summed E-state index contributed by atoms with van der Waals surface area (Å²) < 4.78 is 26.7. The van der Waals surface area contributed by atoms with Crippen LogP contribution >= 0.6 is 15.9 Å². The zero-order valence-electron chi connectivity index (χ0n) is 9.97. The van der Waals surface area contributed by atoms with E-state index in [0.29, 0.717) is 4.47 Å². The number of pyridine rings is 1. The lowest BCUT2D eigenvalue weighted by molar-refractivity contribution is -0.125. The van der Waals surface area contributed by atoms with Crippen molar-refractivity contribution in [3.8, 4) is 0 Å². The van der Waals surface area contributed by atoms with Gasteiger partial charge >= 0.3 is 0 Å². The molecule has 0 atom stereocenters. The van der Waals surface area contributed by atoms with Crippen LogP contribution in [0.4, 0.5) is 0 Å². The van der Waals surface area contributed by atoms with Gasteiger partial charge in [-0.25, -0.2) is 13.1 Å². The fourth-order valence-electron chi connectivity index (χ4n) is 0.985. The van der Waals surface area contributed by atoms with Gasteiger partial charge in [0.2, 0.25) is 15.9 Å². The Balaban J connectivity index is 2.87. The van der Waals surface area contributed by atoms with Gasteiger partial charge in [-0.05, 0) is 35.8 Å². The fraction of sp³-hybridized carbons (Fsp3) is 0.400. The van der Waals surface area contributed by atoms with Crippen LogP contribution in [-0.4, -0.2) is 25.9 Å². The molecule has 1 heterocycles. The van der Waals surface area contributed by atoms with Crippen molar-refractivity contribution < 1.29 is 13.2 Å². The molecule has 100 valence electrons. The second-order valence-electron chi connectivity index (χ2n) is 4.41. The first-order valence-electron chi connectivity index (χ1n) is 5.05. The van der Waals surface area contributed by atoms with Crippen LogP contribution in [0.25, 0.3) is 0 Å². The number of hydrogen-bond acceptors (Lipinski definition) is 4. The van der Waals surface area contributed by atoms with Crippen LogP contribution in [-0.2, 0) is 14.8 Å². The van der Waals surface area contributed by atoms with E-state index in [1.54, 1.807) is 13.8 Å². The molecule has 0 bridgehead atoms. The van der Waals surface area contributed by atoms with E-state index in [9.17, 15) is 13.2 Å². The van der Waals surface area contributed by atoms with Gasteiger partial charge in [0.1, 0.15) is 4.90 Å². The number of nitrogens with zero attached hydrogens (tertiary/aromatic N) is 1.